The highest BCUT2D eigenvalue weighted by atomic mass is 16.5. The molecule has 164 valence electrons. The predicted molar refractivity (Wildman–Crippen MR) is 118 cm³/mol. The van der Waals surface area contributed by atoms with E-state index in [2.05, 4.69) is 4.98 Å². The van der Waals surface area contributed by atoms with Gasteiger partial charge in [-0.2, -0.15) is 10.2 Å². The first-order valence-corrected chi connectivity index (χ1v) is 9.61. The van der Waals surface area contributed by atoms with E-state index in [-0.39, 0.29) is 22.9 Å². The second-order valence-electron chi connectivity index (χ2n) is 7.01. The van der Waals surface area contributed by atoms with E-state index >= 15 is 0 Å². The molecule has 1 aromatic heterocycles. The van der Waals surface area contributed by atoms with Gasteiger partial charge in [0, 0.05) is 17.5 Å². The van der Waals surface area contributed by atoms with Crippen molar-refractivity contribution in [3.63, 3.8) is 0 Å². The van der Waals surface area contributed by atoms with E-state index in [0.29, 0.717) is 34.3 Å². The molecule has 4 N–H and O–H groups in total. The summed E-state index contributed by atoms with van der Waals surface area (Å²) in [5.41, 5.74) is 14.8. The van der Waals surface area contributed by atoms with E-state index in [1.807, 2.05) is 30.3 Å². The summed E-state index contributed by atoms with van der Waals surface area (Å²) < 4.78 is 27.9. The Hall–Kier alpha value is -4.32. The van der Waals surface area contributed by atoms with Gasteiger partial charge in [-0.25, -0.2) is 0 Å². The molecule has 0 bridgehead atoms. The summed E-state index contributed by atoms with van der Waals surface area (Å²) in [6, 6.07) is 11.2. The summed E-state index contributed by atoms with van der Waals surface area (Å²) in [5, 5.41) is 9.59. The van der Waals surface area contributed by atoms with Crippen LogP contribution >= 0.6 is 0 Å². The molecule has 0 amide bonds. The number of aromatic nitrogens is 1. The molecule has 2 aromatic carbocycles. The molecular formula is C23H22N4O5. The van der Waals surface area contributed by atoms with Crippen LogP contribution in [0.15, 0.2) is 30.3 Å². The number of benzene rings is 2. The number of fused-ring (bicyclic) bond motifs is 2. The molecule has 0 saturated heterocycles. The van der Waals surface area contributed by atoms with Crippen LogP contribution in [-0.2, 0) is 0 Å². The van der Waals surface area contributed by atoms with Crippen LogP contribution in [0.5, 0.6) is 34.6 Å². The molecule has 1 atom stereocenters. The molecule has 1 aliphatic rings. The number of rotatable bonds is 5. The van der Waals surface area contributed by atoms with Crippen molar-refractivity contribution in [1.82, 2.24) is 4.98 Å². The fraction of sp³-hybridized carbons (Fsp3) is 0.217. The molecule has 0 saturated carbocycles. The highest BCUT2D eigenvalue weighted by Gasteiger charge is 2.35. The third-order valence-corrected chi connectivity index (χ3v) is 5.43. The number of anilines is 2. The van der Waals surface area contributed by atoms with Crippen LogP contribution in [0.25, 0.3) is 0 Å². The summed E-state index contributed by atoms with van der Waals surface area (Å²) in [4.78, 5) is 4.32. The minimum atomic E-state index is -0.450. The van der Waals surface area contributed by atoms with E-state index in [1.165, 1.54) is 7.11 Å². The normalized spacial score (nSPS) is 13.8. The van der Waals surface area contributed by atoms with Gasteiger partial charge in [0.25, 0.3) is 0 Å². The Labute approximate surface area is 185 Å². The van der Waals surface area contributed by atoms with E-state index < -0.39 is 5.92 Å². The lowest BCUT2D eigenvalue weighted by atomic mass is 9.82. The second kappa shape index (κ2) is 8.07. The molecule has 0 fully saturated rings. The summed E-state index contributed by atoms with van der Waals surface area (Å²) >= 11 is 0. The molecular weight excluding hydrogens is 412 g/mol. The van der Waals surface area contributed by atoms with E-state index in [1.54, 1.807) is 27.4 Å². The van der Waals surface area contributed by atoms with Crippen molar-refractivity contribution in [3.8, 4) is 40.7 Å². The van der Waals surface area contributed by atoms with Crippen LogP contribution in [0.1, 0.15) is 28.2 Å². The minimum absolute atomic E-state index is 0.00117. The van der Waals surface area contributed by atoms with Gasteiger partial charge in [0.1, 0.15) is 28.9 Å². The van der Waals surface area contributed by atoms with Crippen LogP contribution in [0.2, 0.25) is 0 Å². The first kappa shape index (κ1) is 20.9. The van der Waals surface area contributed by atoms with Gasteiger partial charge in [0.2, 0.25) is 11.6 Å². The molecule has 0 aliphatic carbocycles. The average molecular weight is 434 g/mol. The Bertz CT molecular complexity index is 1230. The van der Waals surface area contributed by atoms with Crippen molar-refractivity contribution in [2.45, 2.75) is 5.92 Å². The minimum Gasteiger partial charge on any atom is -0.497 e. The molecule has 1 unspecified atom stereocenters. The first-order valence-electron chi connectivity index (χ1n) is 9.61. The number of hydrogen-bond acceptors (Lipinski definition) is 9. The molecule has 9 heteroatoms. The molecule has 0 spiro atoms. The predicted octanol–water partition coefficient (Wildman–Crippen LogP) is 3.44. The second-order valence-corrected chi connectivity index (χ2v) is 7.01. The Morgan fingerprint density at radius 2 is 1.66 bits per heavy atom. The maximum Gasteiger partial charge on any atom is 0.227 e. The molecule has 3 aromatic rings. The van der Waals surface area contributed by atoms with Gasteiger partial charge in [-0.05, 0) is 23.8 Å². The van der Waals surface area contributed by atoms with E-state index in [4.69, 9.17) is 35.2 Å². The van der Waals surface area contributed by atoms with Gasteiger partial charge in [-0.3, -0.25) is 0 Å². The Balaban J connectivity index is 2.06. The van der Waals surface area contributed by atoms with Crippen molar-refractivity contribution in [2.75, 3.05) is 39.9 Å². The van der Waals surface area contributed by atoms with E-state index in [9.17, 15) is 5.26 Å². The van der Waals surface area contributed by atoms with Gasteiger partial charge < -0.3 is 35.2 Å². The van der Waals surface area contributed by atoms with Gasteiger partial charge in [-0.1, -0.05) is 6.07 Å². The number of nitrogens with two attached hydrogens (primary N) is 2. The third-order valence-electron chi connectivity index (χ3n) is 5.43. The molecule has 2 heterocycles. The molecule has 32 heavy (non-hydrogen) atoms. The average Bonchev–Trinajstić information content (AvgIpc) is 2.81. The Morgan fingerprint density at radius 3 is 2.22 bits per heavy atom. The van der Waals surface area contributed by atoms with Crippen LogP contribution in [-0.4, -0.2) is 33.4 Å². The topological polar surface area (TPSA) is 135 Å². The molecule has 4 rings (SSSR count). The van der Waals surface area contributed by atoms with Crippen LogP contribution in [0, 0.1) is 11.3 Å². The van der Waals surface area contributed by atoms with Crippen molar-refractivity contribution in [3.05, 3.63) is 52.6 Å². The summed E-state index contributed by atoms with van der Waals surface area (Å²) in [6.45, 7) is 0. The molecule has 1 aliphatic heterocycles. The summed E-state index contributed by atoms with van der Waals surface area (Å²) in [5.74, 6) is 2.34. The Morgan fingerprint density at radius 1 is 0.969 bits per heavy atom. The van der Waals surface area contributed by atoms with Gasteiger partial charge in [-0.15, -0.1) is 0 Å². The number of nitrogen functional groups attached to an aromatic ring is 2. The van der Waals surface area contributed by atoms with Crippen molar-refractivity contribution in [1.29, 1.82) is 5.26 Å². The fourth-order valence-corrected chi connectivity index (χ4v) is 3.93. The zero-order chi connectivity index (χ0) is 23.0. The van der Waals surface area contributed by atoms with Crippen LogP contribution in [0.3, 0.4) is 0 Å². The van der Waals surface area contributed by atoms with Gasteiger partial charge in [0.05, 0.1) is 39.7 Å². The zero-order valence-electron chi connectivity index (χ0n) is 18.1. The lowest BCUT2D eigenvalue weighted by Gasteiger charge is -2.30. The summed E-state index contributed by atoms with van der Waals surface area (Å²) in [6.07, 6.45) is 0. The number of nitriles is 1. The number of hydrogen-bond donors (Lipinski definition) is 2. The highest BCUT2D eigenvalue weighted by molar-refractivity contribution is 5.76. The molecule has 9 nitrogen and oxygen atoms in total. The Kier molecular flexibility index (Phi) is 5.28. The molecule has 0 radical (unpaired) electrons. The number of ether oxygens (including phenoxy) is 5. The standard InChI is InChI=1S/C23H22N4O5/c1-28-12-5-6-13-15(9-12)32-23-19(20(25)14(10-24)22(26)27-23)18(13)11-7-16(29-2)21(31-4)17(8-11)30-3/h5-9,18H,1-4H3,(H4,25,26,27). The van der Waals surface area contributed by atoms with Crippen molar-refractivity contribution >= 4 is 11.5 Å². The number of pyridine rings is 1. The first-order chi connectivity index (χ1) is 15.5. The van der Waals surface area contributed by atoms with Gasteiger partial charge >= 0.3 is 0 Å². The fourth-order valence-electron chi connectivity index (χ4n) is 3.93. The third kappa shape index (κ3) is 3.13. The largest absolute Gasteiger partial charge is 0.497 e. The lowest BCUT2D eigenvalue weighted by Crippen LogP contribution is -2.17. The van der Waals surface area contributed by atoms with Crippen molar-refractivity contribution in [2.24, 2.45) is 0 Å². The lowest BCUT2D eigenvalue weighted by molar-refractivity contribution is 0.323. The summed E-state index contributed by atoms with van der Waals surface area (Å²) in [7, 11) is 6.20. The van der Waals surface area contributed by atoms with E-state index in [0.717, 1.165) is 11.1 Å². The number of methoxy groups -OCH3 is 4. The zero-order valence-corrected chi connectivity index (χ0v) is 18.1. The highest BCUT2D eigenvalue weighted by Crippen LogP contribution is 2.53. The quantitative estimate of drug-likeness (QED) is 0.484. The van der Waals surface area contributed by atoms with Crippen LogP contribution in [0.4, 0.5) is 11.5 Å². The monoisotopic (exact) mass is 434 g/mol. The maximum absolute atomic E-state index is 9.59. The van der Waals surface area contributed by atoms with Crippen molar-refractivity contribution < 1.29 is 23.7 Å². The maximum atomic E-state index is 9.59. The SMILES string of the molecule is COc1ccc2c(c1)Oc1nc(N)c(C#N)c(N)c1C2c1cc(OC)c(OC)c(OC)c1. The van der Waals surface area contributed by atoms with Crippen LogP contribution < -0.4 is 35.2 Å². The number of nitrogens with zero attached hydrogens (tertiary/aromatic N) is 2. The smallest absolute Gasteiger partial charge is 0.227 e. The van der Waals surface area contributed by atoms with Gasteiger partial charge in [0.15, 0.2) is 11.5 Å².